The van der Waals surface area contributed by atoms with Gasteiger partial charge in [-0.3, -0.25) is 4.79 Å². The summed E-state index contributed by atoms with van der Waals surface area (Å²) >= 11 is 8.92. The summed E-state index contributed by atoms with van der Waals surface area (Å²) in [5.41, 5.74) is 0. The zero-order valence-corrected chi connectivity index (χ0v) is 9.26. The summed E-state index contributed by atoms with van der Waals surface area (Å²) in [6.07, 6.45) is 1.57. The number of hydrogen-bond donors (Lipinski definition) is 1. The summed E-state index contributed by atoms with van der Waals surface area (Å²) in [5, 5.41) is 3.02. The van der Waals surface area contributed by atoms with Crippen molar-refractivity contribution in [2.45, 2.75) is 11.8 Å². The first-order chi connectivity index (χ1) is 6.11. The van der Waals surface area contributed by atoms with Gasteiger partial charge in [0.25, 0.3) is 0 Å². The molecule has 1 aromatic rings. The summed E-state index contributed by atoms with van der Waals surface area (Å²) < 4.78 is 0. The number of aromatic nitrogens is 1. The number of alkyl halides is 1. The molecular formula is C8H8BrClN2O. The number of carbonyl (C=O) groups is 1. The molecule has 0 saturated carbocycles. The normalized spacial score (nSPS) is 12.2. The Bertz CT molecular complexity index is 317. The Labute approximate surface area is 89.6 Å². The smallest absolute Gasteiger partial charge is 0.239 e. The topological polar surface area (TPSA) is 42.0 Å². The zero-order valence-electron chi connectivity index (χ0n) is 6.92. The van der Waals surface area contributed by atoms with Gasteiger partial charge in [0.1, 0.15) is 0 Å². The predicted molar refractivity (Wildman–Crippen MR) is 56.3 cm³/mol. The SMILES string of the molecule is CC(Br)C(=O)Nc1ncccc1Cl. The minimum absolute atomic E-state index is 0.166. The summed E-state index contributed by atoms with van der Waals surface area (Å²) in [7, 11) is 0. The Kier molecular flexibility index (Phi) is 3.69. The number of carbonyl (C=O) groups excluding carboxylic acids is 1. The van der Waals surface area contributed by atoms with E-state index in [-0.39, 0.29) is 10.7 Å². The standard InChI is InChI=1S/C8H8BrClN2O/c1-5(9)8(13)12-7-6(10)3-2-4-11-7/h2-5H,1H3,(H,11,12,13). The van der Waals surface area contributed by atoms with Crippen LogP contribution < -0.4 is 5.32 Å². The van der Waals surface area contributed by atoms with E-state index >= 15 is 0 Å². The van der Waals surface area contributed by atoms with Crippen LogP contribution in [0.1, 0.15) is 6.92 Å². The Hall–Kier alpha value is -0.610. The van der Waals surface area contributed by atoms with Gasteiger partial charge < -0.3 is 5.32 Å². The molecular weight excluding hydrogens is 255 g/mol. The van der Waals surface area contributed by atoms with E-state index in [1.165, 1.54) is 0 Å². The van der Waals surface area contributed by atoms with Gasteiger partial charge in [-0.15, -0.1) is 0 Å². The largest absolute Gasteiger partial charge is 0.308 e. The lowest BCUT2D eigenvalue weighted by atomic mass is 10.4. The van der Waals surface area contributed by atoms with Crippen LogP contribution in [0.15, 0.2) is 18.3 Å². The summed E-state index contributed by atoms with van der Waals surface area (Å²) in [6, 6.07) is 3.37. The number of pyridine rings is 1. The van der Waals surface area contributed by atoms with E-state index in [2.05, 4.69) is 26.2 Å². The van der Waals surface area contributed by atoms with Gasteiger partial charge in [0.05, 0.1) is 9.85 Å². The number of anilines is 1. The number of nitrogens with zero attached hydrogens (tertiary/aromatic N) is 1. The molecule has 3 nitrogen and oxygen atoms in total. The lowest BCUT2D eigenvalue weighted by molar-refractivity contribution is -0.115. The minimum Gasteiger partial charge on any atom is -0.308 e. The fourth-order valence-electron chi connectivity index (χ4n) is 0.694. The van der Waals surface area contributed by atoms with Gasteiger partial charge in [-0.2, -0.15) is 0 Å². The van der Waals surface area contributed by atoms with Crippen LogP contribution in [0.25, 0.3) is 0 Å². The van der Waals surface area contributed by atoms with E-state index in [0.29, 0.717) is 10.8 Å². The van der Waals surface area contributed by atoms with Crippen molar-refractivity contribution >= 4 is 39.3 Å². The van der Waals surface area contributed by atoms with Gasteiger partial charge in [0, 0.05) is 6.20 Å². The molecule has 1 rings (SSSR count). The second-order valence-electron chi connectivity index (χ2n) is 2.44. The minimum atomic E-state index is -0.259. The molecule has 0 aliphatic heterocycles. The van der Waals surface area contributed by atoms with Crippen LogP contribution in [0.5, 0.6) is 0 Å². The first-order valence-electron chi connectivity index (χ1n) is 3.66. The van der Waals surface area contributed by atoms with Gasteiger partial charge in [-0.05, 0) is 19.1 Å². The van der Waals surface area contributed by atoms with E-state index < -0.39 is 0 Å². The van der Waals surface area contributed by atoms with Crippen LogP contribution in [0, 0.1) is 0 Å². The van der Waals surface area contributed by atoms with Crippen LogP contribution in [0.2, 0.25) is 5.02 Å². The first kappa shape index (κ1) is 10.5. The maximum Gasteiger partial charge on any atom is 0.239 e. The van der Waals surface area contributed by atoms with E-state index in [4.69, 9.17) is 11.6 Å². The quantitative estimate of drug-likeness (QED) is 0.833. The van der Waals surface area contributed by atoms with Crippen LogP contribution in [0.4, 0.5) is 5.82 Å². The molecule has 1 atom stereocenters. The van der Waals surface area contributed by atoms with Crippen molar-refractivity contribution < 1.29 is 4.79 Å². The van der Waals surface area contributed by atoms with Crippen molar-refractivity contribution in [1.82, 2.24) is 4.98 Å². The van der Waals surface area contributed by atoms with Crippen molar-refractivity contribution in [3.8, 4) is 0 Å². The molecule has 0 spiro atoms. The van der Waals surface area contributed by atoms with Crippen molar-refractivity contribution in [3.63, 3.8) is 0 Å². The van der Waals surface area contributed by atoms with Crippen molar-refractivity contribution in [2.75, 3.05) is 5.32 Å². The number of amides is 1. The highest BCUT2D eigenvalue weighted by Gasteiger charge is 2.10. The average molecular weight is 264 g/mol. The second kappa shape index (κ2) is 4.58. The van der Waals surface area contributed by atoms with E-state index in [9.17, 15) is 4.79 Å². The molecule has 1 amide bonds. The van der Waals surface area contributed by atoms with Crippen molar-refractivity contribution in [2.24, 2.45) is 0 Å². The molecule has 0 aromatic carbocycles. The van der Waals surface area contributed by atoms with Crippen LogP contribution in [-0.4, -0.2) is 15.7 Å². The fourth-order valence-corrected chi connectivity index (χ4v) is 0.977. The molecule has 0 aliphatic rings. The monoisotopic (exact) mass is 262 g/mol. The van der Waals surface area contributed by atoms with Gasteiger partial charge in [-0.25, -0.2) is 4.98 Å². The Morgan fingerprint density at radius 2 is 2.46 bits per heavy atom. The summed E-state index contributed by atoms with van der Waals surface area (Å²) in [5.74, 6) is 0.223. The average Bonchev–Trinajstić information content (AvgIpc) is 2.08. The maximum absolute atomic E-state index is 11.2. The molecule has 1 unspecified atom stereocenters. The van der Waals surface area contributed by atoms with Gasteiger partial charge in [0.2, 0.25) is 5.91 Å². The molecule has 70 valence electrons. The Morgan fingerprint density at radius 1 is 1.77 bits per heavy atom. The second-order valence-corrected chi connectivity index (χ2v) is 4.22. The van der Waals surface area contributed by atoms with Gasteiger partial charge in [-0.1, -0.05) is 27.5 Å². The highest BCUT2D eigenvalue weighted by molar-refractivity contribution is 9.10. The molecule has 0 bridgehead atoms. The van der Waals surface area contributed by atoms with Gasteiger partial charge >= 0.3 is 0 Å². The summed E-state index contributed by atoms with van der Waals surface area (Å²) in [4.78, 5) is 14.9. The van der Waals surface area contributed by atoms with Crippen LogP contribution >= 0.6 is 27.5 Å². The molecule has 1 N–H and O–H groups in total. The predicted octanol–water partition coefficient (Wildman–Crippen LogP) is 2.46. The Balaban J connectivity index is 2.75. The van der Waals surface area contributed by atoms with E-state index in [1.807, 2.05) is 0 Å². The number of halogens is 2. The third-order valence-corrected chi connectivity index (χ3v) is 2.08. The number of rotatable bonds is 2. The third kappa shape index (κ3) is 2.97. The molecule has 5 heteroatoms. The van der Waals surface area contributed by atoms with Crippen molar-refractivity contribution in [3.05, 3.63) is 23.4 Å². The van der Waals surface area contributed by atoms with Crippen molar-refractivity contribution in [1.29, 1.82) is 0 Å². The maximum atomic E-state index is 11.2. The van der Waals surface area contributed by atoms with E-state index in [1.54, 1.807) is 25.3 Å². The molecule has 0 radical (unpaired) electrons. The molecule has 1 aromatic heterocycles. The lowest BCUT2D eigenvalue weighted by Gasteiger charge is -2.06. The molecule has 1 heterocycles. The highest BCUT2D eigenvalue weighted by atomic mass is 79.9. The molecule has 13 heavy (non-hydrogen) atoms. The van der Waals surface area contributed by atoms with Crippen LogP contribution in [-0.2, 0) is 4.79 Å². The fraction of sp³-hybridized carbons (Fsp3) is 0.250. The zero-order chi connectivity index (χ0) is 9.84. The molecule has 0 saturated heterocycles. The highest BCUT2D eigenvalue weighted by Crippen LogP contribution is 2.17. The number of hydrogen-bond acceptors (Lipinski definition) is 2. The summed E-state index contributed by atoms with van der Waals surface area (Å²) in [6.45, 7) is 1.73. The van der Waals surface area contributed by atoms with Gasteiger partial charge in [0.15, 0.2) is 5.82 Å². The van der Waals surface area contributed by atoms with E-state index in [0.717, 1.165) is 0 Å². The number of nitrogens with one attached hydrogen (secondary N) is 1. The first-order valence-corrected chi connectivity index (χ1v) is 4.96. The Morgan fingerprint density at radius 3 is 3.00 bits per heavy atom. The third-order valence-electron chi connectivity index (χ3n) is 1.36. The lowest BCUT2D eigenvalue weighted by Crippen LogP contribution is -2.20. The van der Waals surface area contributed by atoms with Crippen LogP contribution in [0.3, 0.4) is 0 Å². The molecule has 0 aliphatic carbocycles. The molecule has 0 fully saturated rings.